The van der Waals surface area contributed by atoms with Crippen molar-refractivity contribution < 1.29 is 9.53 Å². The predicted octanol–water partition coefficient (Wildman–Crippen LogP) is 6.45. The zero-order valence-corrected chi connectivity index (χ0v) is 22.0. The summed E-state index contributed by atoms with van der Waals surface area (Å²) >= 11 is 0. The van der Waals surface area contributed by atoms with Crippen LogP contribution in [0.2, 0.25) is 0 Å². The maximum Gasteiger partial charge on any atom is 0.270 e. The number of ether oxygens (including phenoxy) is 1. The van der Waals surface area contributed by atoms with E-state index in [1.54, 1.807) is 0 Å². The van der Waals surface area contributed by atoms with Crippen molar-refractivity contribution in [3.8, 4) is 5.75 Å². The van der Waals surface area contributed by atoms with Gasteiger partial charge in [0, 0.05) is 34.9 Å². The third-order valence-electron chi connectivity index (χ3n) is 8.50. The monoisotopic (exact) mass is 508 g/mol. The summed E-state index contributed by atoms with van der Waals surface area (Å²) in [4.78, 5) is 15.8. The van der Waals surface area contributed by atoms with Crippen molar-refractivity contribution in [2.45, 2.75) is 70.1 Å². The van der Waals surface area contributed by atoms with Gasteiger partial charge in [-0.2, -0.15) is 0 Å². The topological polar surface area (TPSA) is 91.4 Å². The molecule has 6 nitrogen and oxygen atoms in total. The number of hydrogen-bond acceptors (Lipinski definition) is 4. The Kier molecular flexibility index (Phi) is 6.66. The summed E-state index contributed by atoms with van der Waals surface area (Å²) in [7, 11) is 0. The zero-order chi connectivity index (χ0) is 26.2. The molecule has 2 unspecified atom stereocenters. The molecule has 4 N–H and O–H groups in total. The largest absolute Gasteiger partial charge is 0.476 e. The minimum absolute atomic E-state index is 0.0658. The number of piperidine rings is 2. The number of anilines is 2. The van der Waals surface area contributed by atoms with Gasteiger partial charge >= 0.3 is 0 Å². The summed E-state index contributed by atoms with van der Waals surface area (Å²) in [6.45, 7) is 2.06. The van der Waals surface area contributed by atoms with Crippen molar-refractivity contribution in [1.82, 2.24) is 0 Å². The molecule has 0 radical (unpaired) electrons. The maximum absolute atomic E-state index is 13.6. The van der Waals surface area contributed by atoms with Crippen LogP contribution in [0, 0.1) is 18.3 Å². The smallest absolute Gasteiger partial charge is 0.270 e. The first-order chi connectivity index (χ1) is 18.5. The fourth-order valence-electron chi connectivity index (χ4n) is 6.48. The van der Waals surface area contributed by atoms with E-state index in [4.69, 9.17) is 15.9 Å². The van der Waals surface area contributed by atoms with Gasteiger partial charge in [-0.25, -0.2) is 0 Å². The van der Waals surface area contributed by atoms with Crippen LogP contribution in [0.25, 0.3) is 0 Å². The summed E-state index contributed by atoms with van der Waals surface area (Å²) in [6, 6.07) is 22.1. The summed E-state index contributed by atoms with van der Waals surface area (Å²) in [5, 5.41) is 11.8. The highest BCUT2D eigenvalue weighted by Crippen LogP contribution is 2.40. The van der Waals surface area contributed by atoms with E-state index in [-0.39, 0.29) is 11.9 Å². The van der Waals surface area contributed by atoms with Crippen LogP contribution in [0.5, 0.6) is 5.75 Å². The Bertz CT molecular complexity index is 1350. The van der Waals surface area contributed by atoms with Gasteiger partial charge in [-0.05, 0) is 98.9 Å². The minimum atomic E-state index is -0.794. The number of benzene rings is 3. The standard InChI is InChI=1S/C32H36N4O2/c1-20-18-24(12-17-29(20)36-25-13-10-22(11-14-25)31(36)34)35-32(37)30(21-6-3-2-4-7-21)38-26-15-16-27-23(19-26)8-5-9-28(27)33/h2-4,6-7,12,15-19,22,25,28,30,34H,5,8-11,13-14,33H2,1H3,(H,35,37). The first kappa shape index (κ1) is 24.7. The quantitative estimate of drug-likeness (QED) is 0.357. The molecule has 0 aromatic heterocycles. The fourth-order valence-corrected chi connectivity index (χ4v) is 6.48. The van der Waals surface area contributed by atoms with Gasteiger partial charge in [0.1, 0.15) is 11.6 Å². The summed E-state index contributed by atoms with van der Waals surface area (Å²) < 4.78 is 6.34. The molecule has 3 aromatic rings. The van der Waals surface area contributed by atoms with E-state index in [1.807, 2.05) is 66.7 Å². The molecular weight excluding hydrogens is 472 g/mol. The number of nitrogens with two attached hydrogens (primary N) is 1. The highest BCUT2D eigenvalue weighted by atomic mass is 16.5. The number of hydrogen-bond donors (Lipinski definition) is 3. The molecule has 2 aliphatic carbocycles. The van der Waals surface area contributed by atoms with Crippen LogP contribution in [-0.4, -0.2) is 17.8 Å². The molecule has 38 heavy (non-hydrogen) atoms. The third kappa shape index (κ3) is 4.69. The van der Waals surface area contributed by atoms with E-state index < -0.39 is 6.10 Å². The Morgan fingerprint density at radius 1 is 1.03 bits per heavy atom. The van der Waals surface area contributed by atoms with E-state index in [0.717, 1.165) is 73.3 Å². The lowest BCUT2D eigenvalue weighted by Crippen LogP contribution is -2.52. The molecular formula is C32H36N4O2. The minimum Gasteiger partial charge on any atom is -0.476 e. The van der Waals surface area contributed by atoms with Crippen LogP contribution in [-0.2, 0) is 11.2 Å². The van der Waals surface area contributed by atoms with Crippen LogP contribution in [0.15, 0.2) is 66.7 Å². The third-order valence-corrected chi connectivity index (χ3v) is 8.50. The fraction of sp³-hybridized carbons (Fsp3) is 0.375. The van der Waals surface area contributed by atoms with Gasteiger partial charge in [-0.15, -0.1) is 0 Å². The van der Waals surface area contributed by atoms with Gasteiger partial charge in [0.15, 0.2) is 0 Å². The van der Waals surface area contributed by atoms with E-state index in [9.17, 15) is 4.79 Å². The molecule has 7 rings (SSSR count). The van der Waals surface area contributed by atoms with Crippen molar-refractivity contribution in [3.63, 3.8) is 0 Å². The zero-order valence-electron chi connectivity index (χ0n) is 22.0. The molecule has 2 saturated heterocycles. The Morgan fingerprint density at radius 2 is 1.82 bits per heavy atom. The Balaban J connectivity index is 1.23. The average Bonchev–Trinajstić information content (AvgIpc) is 2.93. The molecule has 3 aromatic carbocycles. The second-order valence-corrected chi connectivity index (χ2v) is 11.0. The van der Waals surface area contributed by atoms with Gasteiger partial charge < -0.3 is 20.7 Å². The van der Waals surface area contributed by atoms with E-state index >= 15 is 0 Å². The molecule has 196 valence electrons. The Labute approximate surface area is 224 Å². The molecule has 1 amide bonds. The normalized spacial score (nSPS) is 23.1. The molecule has 6 heteroatoms. The average molecular weight is 509 g/mol. The van der Waals surface area contributed by atoms with Crippen LogP contribution >= 0.6 is 0 Å². The summed E-state index contributed by atoms with van der Waals surface area (Å²) in [5.74, 6) is 1.58. The van der Waals surface area contributed by atoms with E-state index in [1.165, 1.54) is 11.1 Å². The number of carbonyl (C=O) groups excluding carboxylic acids is 1. The van der Waals surface area contributed by atoms with Crippen molar-refractivity contribution in [1.29, 1.82) is 5.41 Å². The van der Waals surface area contributed by atoms with Gasteiger partial charge in [-0.1, -0.05) is 36.4 Å². The second-order valence-electron chi connectivity index (χ2n) is 11.0. The number of rotatable bonds is 6. The number of nitrogens with one attached hydrogen (secondary N) is 2. The van der Waals surface area contributed by atoms with Crippen molar-refractivity contribution in [3.05, 3.63) is 89.0 Å². The van der Waals surface area contributed by atoms with Crippen LogP contribution < -0.4 is 20.7 Å². The second kappa shape index (κ2) is 10.3. The first-order valence-electron chi connectivity index (χ1n) is 13.9. The highest BCUT2D eigenvalue weighted by molar-refractivity contribution is 6.00. The Hall–Kier alpha value is -3.64. The predicted molar refractivity (Wildman–Crippen MR) is 152 cm³/mol. The van der Waals surface area contributed by atoms with Gasteiger partial charge in [-0.3, -0.25) is 10.2 Å². The first-order valence-corrected chi connectivity index (χ1v) is 13.9. The van der Waals surface area contributed by atoms with Gasteiger partial charge in [0.25, 0.3) is 5.91 Å². The molecule has 4 aliphatic rings. The number of nitrogens with zero attached hydrogens (tertiary/aromatic N) is 1. The lowest BCUT2D eigenvalue weighted by molar-refractivity contribution is -0.123. The Morgan fingerprint density at radius 3 is 2.55 bits per heavy atom. The molecule has 0 spiro atoms. The van der Waals surface area contributed by atoms with Gasteiger partial charge in [0.05, 0.1) is 0 Å². The van der Waals surface area contributed by atoms with Crippen LogP contribution in [0.4, 0.5) is 11.4 Å². The number of carbonyl (C=O) groups is 1. The summed E-state index contributed by atoms with van der Waals surface area (Å²) in [5.41, 5.74) is 12.3. The summed E-state index contributed by atoms with van der Waals surface area (Å²) in [6.07, 6.45) is 6.80. The van der Waals surface area contributed by atoms with E-state index in [0.29, 0.717) is 17.7 Å². The van der Waals surface area contributed by atoms with Crippen molar-refractivity contribution in [2.24, 2.45) is 11.7 Å². The molecule has 3 fully saturated rings. The van der Waals surface area contributed by atoms with Crippen LogP contribution in [0.3, 0.4) is 0 Å². The molecule has 1 saturated carbocycles. The number of amidine groups is 1. The number of amides is 1. The van der Waals surface area contributed by atoms with Crippen molar-refractivity contribution >= 4 is 23.1 Å². The van der Waals surface area contributed by atoms with Crippen LogP contribution in [0.1, 0.15) is 72.9 Å². The molecule has 2 aliphatic heterocycles. The SMILES string of the molecule is Cc1cc(NC(=O)C(Oc2ccc3c(c2)CCCC3N)c2ccccc2)ccc1N1C(=N)C2CCC1CC2. The lowest BCUT2D eigenvalue weighted by Gasteiger charge is -2.47. The molecule has 2 heterocycles. The maximum atomic E-state index is 13.6. The van der Waals surface area contributed by atoms with E-state index in [2.05, 4.69) is 17.1 Å². The molecule has 2 bridgehead atoms. The molecule has 2 atom stereocenters. The van der Waals surface area contributed by atoms with Gasteiger partial charge in [0.2, 0.25) is 6.10 Å². The lowest BCUT2D eigenvalue weighted by atomic mass is 9.78. The number of aryl methyl sites for hydroxylation is 2. The highest BCUT2D eigenvalue weighted by Gasteiger charge is 2.39. The van der Waals surface area contributed by atoms with Crippen molar-refractivity contribution in [2.75, 3.05) is 10.2 Å². The number of fused-ring (bicyclic) bond motifs is 4.